The zero-order valence-electron chi connectivity index (χ0n) is 15.4. The van der Waals surface area contributed by atoms with Crippen molar-refractivity contribution in [1.82, 2.24) is 29.5 Å². The lowest BCUT2D eigenvalue weighted by molar-refractivity contribution is 0.169. The molecule has 0 saturated carbocycles. The van der Waals surface area contributed by atoms with Crippen LogP contribution in [-0.4, -0.2) is 56.2 Å². The molecule has 2 amide bonds. The summed E-state index contributed by atoms with van der Waals surface area (Å²) in [5, 5.41) is 8.14. The second-order valence-electron chi connectivity index (χ2n) is 7.16. The fraction of sp³-hybridized carbons (Fsp3) is 0.556. The van der Waals surface area contributed by atoms with Crippen molar-refractivity contribution in [2.24, 2.45) is 0 Å². The highest BCUT2D eigenvalue weighted by Crippen LogP contribution is 2.25. The average molecular weight is 355 g/mol. The zero-order valence-corrected chi connectivity index (χ0v) is 15.4. The molecule has 138 valence electrons. The molecule has 0 fully saturated rings. The quantitative estimate of drug-likeness (QED) is 0.906. The standard InChI is InChI=1S/C18H25N7O/c1-23(2)18(26)24-7-4-8-25-14(11-24)9-13(22-25)10-19-17-15-5-3-6-16(15)20-12-21-17/h9,12H,3-8,10-11H2,1-2H3,(H,19,20,21). The van der Waals surface area contributed by atoms with Crippen LogP contribution in [0.25, 0.3) is 0 Å². The van der Waals surface area contributed by atoms with Gasteiger partial charge < -0.3 is 15.1 Å². The van der Waals surface area contributed by atoms with Gasteiger partial charge in [0.05, 0.1) is 24.5 Å². The minimum atomic E-state index is 0.0517. The fourth-order valence-corrected chi connectivity index (χ4v) is 3.74. The smallest absolute Gasteiger partial charge is 0.319 e. The SMILES string of the molecule is CN(C)C(=O)N1CCCn2nc(CNc3ncnc4c3CCC4)cc2C1. The van der Waals surface area contributed by atoms with Crippen LogP contribution in [0, 0.1) is 0 Å². The number of hydrogen-bond donors (Lipinski definition) is 1. The number of nitrogens with zero attached hydrogens (tertiary/aromatic N) is 6. The van der Waals surface area contributed by atoms with Crippen molar-refractivity contribution in [3.05, 3.63) is 35.0 Å². The third kappa shape index (κ3) is 3.23. The Hall–Kier alpha value is -2.64. The van der Waals surface area contributed by atoms with Crippen molar-refractivity contribution in [1.29, 1.82) is 0 Å². The van der Waals surface area contributed by atoms with E-state index in [0.29, 0.717) is 13.1 Å². The predicted octanol–water partition coefficient (Wildman–Crippen LogP) is 1.66. The lowest BCUT2D eigenvalue weighted by Crippen LogP contribution is -2.38. The van der Waals surface area contributed by atoms with Gasteiger partial charge in [-0.05, 0) is 31.7 Å². The lowest BCUT2D eigenvalue weighted by atomic mass is 10.2. The van der Waals surface area contributed by atoms with Crippen molar-refractivity contribution < 1.29 is 4.79 Å². The first-order valence-electron chi connectivity index (χ1n) is 9.20. The van der Waals surface area contributed by atoms with Crippen LogP contribution in [0.15, 0.2) is 12.4 Å². The Morgan fingerprint density at radius 3 is 2.96 bits per heavy atom. The number of aryl methyl sites for hydroxylation is 2. The summed E-state index contributed by atoms with van der Waals surface area (Å²) in [5.74, 6) is 0.931. The molecular weight excluding hydrogens is 330 g/mol. The van der Waals surface area contributed by atoms with E-state index in [2.05, 4.69) is 21.4 Å². The maximum atomic E-state index is 12.3. The minimum Gasteiger partial charge on any atom is -0.364 e. The van der Waals surface area contributed by atoms with Gasteiger partial charge in [0.25, 0.3) is 0 Å². The molecule has 4 rings (SSSR count). The highest BCUT2D eigenvalue weighted by Gasteiger charge is 2.22. The van der Waals surface area contributed by atoms with Crippen LogP contribution in [0.2, 0.25) is 0 Å². The van der Waals surface area contributed by atoms with E-state index in [1.807, 2.05) is 9.58 Å². The molecule has 0 bridgehead atoms. The Kier molecular flexibility index (Phi) is 4.48. The van der Waals surface area contributed by atoms with Gasteiger partial charge in [0.1, 0.15) is 12.1 Å². The number of urea groups is 1. The fourth-order valence-electron chi connectivity index (χ4n) is 3.74. The van der Waals surface area contributed by atoms with E-state index in [9.17, 15) is 4.79 Å². The van der Waals surface area contributed by atoms with Gasteiger partial charge in [-0.1, -0.05) is 0 Å². The summed E-state index contributed by atoms with van der Waals surface area (Å²) in [6.45, 7) is 2.84. The molecule has 1 aliphatic heterocycles. The van der Waals surface area contributed by atoms with Gasteiger partial charge in [0, 0.05) is 38.4 Å². The van der Waals surface area contributed by atoms with E-state index in [4.69, 9.17) is 5.10 Å². The summed E-state index contributed by atoms with van der Waals surface area (Å²) in [6, 6.07) is 2.14. The topological polar surface area (TPSA) is 79.2 Å². The van der Waals surface area contributed by atoms with E-state index < -0.39 is 0 Å². The molecule has 8 heteroatoms. The third-order valence-electron chi connectivity index (χ3n) is 5.03. The maximum Gasteiger partial charge on any atom is 0.319 e. The highest BCUT2D eigenvalue weighted by atomic mass is 16.2. The van der Waals surface area contributed by atoms with Crippen molar-refractivity contribution in [2.45, 2.75) is 45.3 Å². The number of nitrogens with one attached hydrogen (secondary N) is 1. The molecule has 0 spiro atoms. The summed E-state index contributed by atoms with van der Waals surface area (Å²) >= 11 is 0. The number of rotatable bonds is 3. The Balaban J connectivity index is 1.46. The molecular formula is C18H25N7O. The molecule has 0 unspecified atom stereocenters. The molecule has 2 aromatic rings. The molecule has 2 aliphatic rings. The van der Waals surface area contributed by atoms with Gasteiger partial charge in [-0.3, -0.25) is 4.68 Å². The summed E-state index contributed by atoms with van der Waals surface area (Å²) in [7, 11) is 3.58. The molecule has 3 heterocycles. The third-order valence-corrected chi connectivity index (χ3v) is 5.03. The second kappa shape index (κ2) is 6.93. The number of amides is 2. The van der Waals surface area contributed by atoms with Crippen LogP contribution in [-0.2, 0) is 32.5 Å². The Bertz CT molecular complexity index is 814. The normalized spacial score (nSPS) is 16.0. The molecule has 0 aromatic carbocycles. The van der Waals surface area contributed by atoms with Crippen LogP contribution in [0.1, 0.15) is 35.5 Å². The molecule has 26 heavy (non-hydrogen) atoms. The lowest BCUT2D eigenvalue weighted by Gasteiger charge is -2.23. The first-order chi connectivity index (χ1) is 12.6. The summed E-state index contributed by atoms with van der Waals surface area (Å²) < 4.78 is 2.03. The monoisotopic (exact) mass is 355 g/mol. The van der Waals surface area contributed by atoms with Crippen LogP contribution >= 0.6 is 0 Å². The van der Waals surface area contributed by atoms with Crippen LogP contribution in [0.3, 0.4) is 0 Å². The number of carbonyl (C=O) groups excluding carboxylic acids is 1. The first-order valence-corrected chi connectivity index (χ1v) is 9.20. The van der Waals surface area contributed by atoms with Crippen molar-refractivity contribution in [2.75, 3.05) is 26.0 Å². The Morgan fingerprint density at radius 2 is 2.12 bits per heavy atom. The van der Waals surface area contributed by atoms with Crippen molar-refractivity contribution in [3.8, 4) is 0 Å². The van der Waals surface area contributed by atoms with Crippen molar-refractivity contribution >= 4 is 11.8 Å². The van der Waals surface area contributed by atoms with Gasteiger partial charge in [0.15, 0.2) is 0 Å². The summed E-state index contributed by atoms with van der Waals surface area (Å²) in [4.78, 5) is 24.6. The first kappa shape index (κ1) is 16.8. The Labute approximate surface area is 153 Å². The van der Waals surface area contributed by atoms with Gasteiger partial charge in [-0.2, -0.15) is 5.10 Å². The maximum absolute atomic E-state index is 12.3. The average Bonchev–Trinajstić information content (AvgIpc) is 3.21. The van der Waals surface area contributed by atoms with E-state index >= 15 is 0 Å². The van der Waals surface area contributed by atoms with E-state index in [0.717, 1.165) is 56.0 Å². The summed E-state index contributed by atoms with van der Waals surface area (Å²) in [6.07, 6.45) is 5.79. The number of aromatic nitrogens is 4. The number of hydrogen-bond acceptors (Lipinski definition) is 5. The van der Waals surface area contributed by atoms with Gasteiger partial charge in [0.2, 0.25) is 0 Å². The van der Waals surface area contributed by atoms with Gasteiger partial charge in [-0.15, -0.1) is 0 Å². The highest BCUT2D eigenvalue weighted by molar-refractivity contribution is 5.73. The molecule has 0 atom stereocenters. The molecule has 1 aliphatic carbocycles. The molecule has 0 radical (unpaired) electrons. The molecule has 2 aromatic heterocycles. The number of carbonyl (C=O) groups is 1. The van der Waals surface area contributed by atoms with Gasteiger partial charge in [-0.25, -0.2) is 14.8 Å². The van der Waals surface area contributed by atoms with Crippen LogP contribution in [0.5, 0.6) is 0 Å². The minimum absolute atomic E-state index is 0.0517. The zero-order chi connectivity index (χ0) is 18.1. The predicted molar refractivity (Wildman–Crippen MR) is 97.7 cm³/mol. The summed E-state index contributed by atoms with van der Waals surface area (Å²) in [5.41, 5.74) is 4.48. The second-order valence-corrected chi connectivity index (χ2v) is 7.16. The molecule has 1 N–H and O–H groups in total. The number of anilines is 1. The number of fused-ring (bicyclic) bond motifs is 2. The van der Waals surface area contributed by atoms with E-state index in [-0.39, 0.29) is 6.03 Å². The van der Waals surface area contributed by atoms with Crippen molar-refractivity contribution in [3.63, 3.8) is 0 Å². The van der Waals surface area contributed by atoms with E-state index in [1.54, 1.807) is 25.3 Å². The molecule has 0 saturated heterocycles. The Morgan fingerprint density at radius 1 is 1.23 bits per heavy atom. The van der Waals surface area contributed by atoms with Gasteiger partial charge >= 0.3 is 6.03 Å². The van der Waals surface area contributed by atoms with Crippen LogP contribution in [0.4, 0.5) is 10.6 Å². The van der Waals surface area contributed by atoms with Crippen LogP contribution < -0.4 is 5.32 Å². The molecule has 8 nitrogen and oxygen atoms in total. The largest absolute Gasteiger partial charge is 0.364 e. The van der Waals surface area contributed by atoms with E-state index in [1.165, 1.54) is 11.3 Å².